The Labute approximate surface area is 160 Å². The molecular weight excluding hydrogens is 363 g/mol. The van der Waals surface area contributed by atoms with Gasteiger partial charge in [0.1, 0.15) is 5.82 Å². The normalized spacial score (nSPS) is 16.9. The van der Waals surface area contributed by atoms with Gasteiger partial charge in [-0.1, -0.05) is 30.3 Å². The zero-order valence-electron chi connectivity index (χ0n) is 14.8. The van der Waals surface area contributed by atoms with Crippen molar-refractivity contribution in [2.45, 2.75) is 6.10 Å². The molecule has 1 aliphatic heterocycles. The van der Waals surface area contributed by atoms with E-state index in [0.717, 1.165) is 5.56 Å². The van der Waals surface area contributed by atoms with Crippen LogP contribution in [0.3, 0.4) is 0 Å². The number of amides is 1. The minimum Gasteiger partial charge on any atom is -0.479 e. The fourth-order valence-electron chi connectivity index (χ4n) is 3.29. The molecule has 2 heterocycles. The number of carboxylic acid groups (broad SMARTS) is 1. The number of hydrogen-bond acceptors (Lipinski definition) is 4. The van der Waals surface area contributed by atoms with Gasteiger partial charge in [-0.3, -0.25) is 4.79 Å². The van der Waals surface area contributed by atoms with Crippen LogP contribution in [0.4, 0.5) is 4.39 Å². The first-order chi connectivity index (χ1) is 13.5. The van der Waals surface area contributed by atoms with Crippen molar-refractivity contribution in [3.05, 3.63) is 66.0 Å². The summed E-state index contributed by atoms with van der Waals surface area (Å²) in [6.07, 6.45) is -1.06. The highest BCUT2D eigenvalue weighted by Crippen LogP contribution is 2.27. The quantitative estimate of drug-likeness (QED) is 0.756. The summed E-state index contributed by atoms with van der Waals surface area (Å²) in [5.41, 5.74) is 2.07. The second-order valence-electron chi connectivity index (χ2n) is 6.53. The van der Waals surface area contributed by atoms with Gasteiger partial charge in [0.15, 0.2) is 6.10 Å². The van der Waals surface area contributed by atoms with Crippen LogP contribution in [-0.4, -0.2) is 52.7 Å². The number of carbonyl (C=O) groups is 2. The maximum atomic E-state index is 13.8. The van der Waals surface area contributed by atoms with Crippen LogP contribution in [0, 0.1) is 5.82 Å². The van der Waals surface area contributed by atoms with Crippen LogP contribution in [0.5, 0.6) is 0 Å². The lowest BCUT2D eigenvalue weighted by molar-refractivity contribution is -0.154. The van der Waals surface area contributed by atoms with Gasteiger partial charge in [0.2, 0.25) is 0 Å². The SMILES string of the molecule is O=C(O)[C@@H]1CN(C(=O)c2cc(-c3ccccc3)nc3cc(F)ccc23)CCO1. The summed E-state index contributed by atoms with van der Waals surface area (Å²) in [7, 11) is 0. The molecule has 3 aromatic rings. The maximum Gasteiger partial charge on any atom is 0.334 e. The van der Waals surface area contributed by atoms with Gasteiger partial charge in [-0.2, -0.15) is 0 Å². The number of benzene rings is 2. The topological polar surface area (TPSA) is 79.7 Å². The predicted octanol–water partition coefficient (Wildman–Crippen LogP) is 2.97. The van der Waals surface area contributed by atoms with Gasteiger partial charge in [0.05, 0.1) is 29.9 Å². The number of hydrogen-bond donors (Lipinski definition) is 1. The Morgan fingerprint density at radius 1 is 1.14 bits per heavy atom. The molecule has 1 aliphatic rings. The van der Waals surface area contributed by atoms with Crippen LogP contribution in [0.2, 0.25) is 0 Å². The summed E-state index contributed by atoms with van der Waals surface area (Å²) in [6.45, 7) is 0.389. The Morgan fingerprint density at radius 2 is 1.93 bits per heavy atom. The fraction of sp³-hybridized carbons (Fsp3) is 0.190. The largest absolute Gasteiger partial charge is 0.479 e. The Kier molecular flexibility index (Phi) is 4.75. The van der Waals surface area contributed by atoms with E-state index in [-0.39, 0.29) is 25.6 Å². The molecular formula is C21H17FN2O4. The maximum absolute atomic E-state index is 13.8. The molecule has 1 fully saturated rings. The molecule has 7 heteroatoms. The summed E-state index contributed by atoms with van der Waals surface area (Å²) in [4.78, 5) is 30.4. The number of ether oxygens (including phenoxy) is 1. The molecule has 1 amide bonds. The third-order valence-electron chi connectivity index (χ3n) is 4.70. The van der Waals surface area contributed by atoms with Crippen molar-refractivity contribution in [2.75, 3.05) is 19.7 Å². The van der Waals surface area contributed by atoms with E-state index in [1.54, 1.807) is 6.07 Å². The Hall–Kier alpha value is -3.32. The fourth-order valence-corrected chi connectivity index (χ4v) is 3.29. The third-order valence-corrected chi connectivity index (χ3v) is 4.70. The van der Waals surface area contributed by atoms with Crippen molar-refractivity contribution >= 4 is 22.8 Å². The molecule has 0 aliphatic carbocycles. The van der Waals surface area contributed by atoms with Gasteiger partial charge < -0.3 is 14.7 Å². The first-order valence-corrected chi connectivity index (χ1v) is 8.82. The molecule has 1 saturated heterocycles. The highest BCUT2D eigenvalue weighted by molar-refractivity contribution is 6.07. The van der Waals surface area contributed by atoms with E-state index in [9.17, 15) is 19.1 Å². The number of aliphatic carboxylic acids is 1. The molecule has 0 radical (unpaired) electrons. The van der Waals surface area contributed by atoms with Gasteiger partial charge in [-0.05, 0) is 18.2 Å². The molecule has 28 heavy (non-hydrogen) atoms. The summed E-state index contributed by atoms with van der Waals surface area (Å²) < 4.78 is 19.0. The van der Waals surface area contributed by atoms with Crippen molar-refractivity contribution in [1.29, 1.82) is 0 Å². The Bertz CT molecular complexity index is 1050. The molecule has 2 aromatic carbocycles. The standard InChI is InChI=1S/C21H17FN2O4/c22-14-6-7-15-16(20(25)24-8-9-28-19(12-24)21(26)27)11-17(23-18(15)10-14)13-4-2-1-3-5-13/h1-7,10-11,19H,8-9,12H2,(H,26,27)/t19-/m0/s1. The van der Waals surface area contributed by atoms with Crippen LogP contribution in [0.25, 0.3) is 22.2 Å². The summed E-state index contributed by atoms with van der Waals surface area (Å²) >= 11 is 0. The van der Waals surface area contributed by atoms with E-state index in [1.165, 1.54) is 23.1 Å². The van der Waals surface area contributed by atoms with Crippen molar-refractivity contribution in [1.82, 2.24) is 9.88 Å². The second-order valence-corrected chi connectivity index (χ2v) is 6.53. The molecule has 4 rings (SSSR count). The number of carboxylic acids is 1. The molecule has 0 unspecified atom stereocenters. The van der Waals surface area contributed by atoms with E-state index in [2.05, 4.69) is 4.98 Å². The zero-order valence-corrected chi connectivity index (χ0v) is 14.8. The van der Waals surface area contributed by atoms with Crippen molar-refractivity contribution < 1.29 is 23.8 Å². The number of nitrogens with zero attached hydrogens (tertiary/aromatic N) is 2. The molecule has 6 nitrogen and oxygen atoms in total. The highest BCUT2D eigenvalue weighted by atomic mass is 19.1. The predicted molar refractivity (Wildman–Crippen MR) is 100 cm³/mol. The molecule has 0 saturated carbocycles. The lowest BCUT2D eigenvalue weighted by Gasteiger charge is -2.31. The molecule has 0 bridgehead atoms. The van der Waals surface area contributed by atoms with E-state index in [4.69, 9.17) is 4.74 Å². The number of aromatic nitrogens is 1. The van der Waals surface area contributed by atoms with Crippen molar-refractivity contribution in [2.24, 2.45) is 0 Å². The minimum atomic E-state index is -1.11. The molecule has 0 spiro atoms. The van der Waals surface area contributed by atoms with Crippen molar-refractivity contribution in [3.8, 4) is 11.3 Å². The number of rotatable bonds is 3. The van der Waals surface area contributed by atoms with Gasteiger partial charge in [-0.25, -0.2) is 14.2 Å². The Balaban J connectivity index is 1.80. The number of halogens is 1. The van der Waals surface area contributed by atoms with E-state index < -0.39 is 17.9 Å². The molecule has 142 valence electrons. The molecule has 1 atom stereocenters. The molecule has 1 N–H and O–H groups in total. The first-order valence-electron chi connectivity index (χ1n) is 8.82. The van der Waals surface area contributed by atoms with E-state index >= 15 is 0 Å². The number of morpholine rings is 1. The first kappa shape index (κ1) is 18.1. The summed E-state index contributed by atoms with van der Waals surface area (Å²) in [5.74, 6) is -1.88. The smallest absolute Gasteiger partial charge is 0.334 e. The average molecular weight is 380 g/mol. The summed E-state index contributed by atoms with van der Waals surface area (Å²) in [6, 6.07) is 15.1. The summed E-state index contributed by atoms with van der Waals surface area (Å²) in [5, 5.41) is 9.71. The second kappa shape index (κ2) is 7.36. The van der Waals surface area contributed by atoms with E-state index in [0.29, 0.717) is 22.2 Å². The molecule has 1 aromatic heterocycles. The number of fused-ring (bicyclic) bond motifs is 1. The lowest BCUT2D eigenvalue weighted by atomic mass is 10.0. The van der Waals surface area contributed by atoms with Gasteiger partial charge >= 0.3 is 5.97 Å². The highest BCUT2D eigenvalue weighted by Gasteiger charge is 2.30. The lowest BCUT2D eigenvalue weighted by Crippen LogP contribution is -2.48. The van der Waals surface area contributed by atoms with Crippen molar-refractivity contribution in [3.63, 3.8) is 0 Å². The van der Waals surface area contributed by atoms with Gasteiger partial charge in [0, 0.05) is 23.6 Å². The Morgan fingerprint density at radius 3 is 2.68 bits per heavy atom. The van der Waals surface area contributed by atoms with Crippen LogP contribution in [-0.2, 0) is 9.53 Å². The van der Waals surface area contributed by atoms with Crippen LogP contribution < -0.4 is 0 Å². The monoisotopic (exact) mass is 380 g/mol. The number of carbonyl (C=O) groups excluding carboxylic acids is 1. The van der Waals surface area contributed by atoms with Crippen LogP contribution >= 0.6 is 0 Å². The third kappa shape index (κ3) is 3.44. The van der Waals surface area contributed by atoms with Crippen LogP contribution in [0.1, 0.15) is 10.4 Å². The number of pyridine rings is 1. The van der Waals surface area contributed by atoms with Gasteiger partial charge in [-0.15, -0.1) is 0 Å². The van der Waals surface area contributed by atoms with Gasteiger partial charge in [0.25, 0.3) is 5.91 Å². The zero-order chi connectivity index (χ0) is 19.7. The van der Waals surface area contributed by atoms with E-state index in [1.807, 2.05) is 30.3 Å². The minimum absolute atomic E-state index is 0.0418. The van der Waals surface area contributed by atoms with Crippen LogP contribution in [0.15, 0.2) is 54.6 Å². The average Bonchev–Trinajstić information content (AvgIpc) is 2.73.